The van der Waals surface area contributed by atoms with Crippen molar-refractivity contribution in [2.75, 3.05) is 0 Å². The molecule has 0 radical (unpaired) electrons. The van der Waals surface area contributed by atoms with Crippen molar-refractivity contribution in [3.05, 3.63) is 28.4 Å². The minimum Gasteiger partial charge on any atom is -0.446 e. The zero-order valence-corrected chi connectivity index (χ0v) is 11.1. The van der Waals surface area contributed by atoms with Gasteiger partial charge in [-0.05, 0) is 37.7 Å². The number of nitrogens with one attached hydrogen (secondary N) is 1. The van der Waals surface area contributed by atoms with Gasteiger partial charge in [0.2, 0.25) is 0 Å². The average Bonchev–Trinajstić information content (AvgIpc) is 2.86. The third kappa shape index (κ3) is 2.40. The Bertz CT molecular complexity index is 624. The minimum atomic E-state index is -0.258. The van der Waals surface area contributed by atoms with Crippen molar-refractivity contribution in [3.63, 3.8) is 0 Å². The van der Waals surface area contributed by atoms with Gasteiger partial charge in [-0.3, -0.25) is 9.36 Å². The SMILES string of the molecule is CC(=O)c1ccc(Sc2n[nH]c(=O)n2C(C)C)o1. The monoisotopic (exact) mass is 267 g/mol. The van der Waals surface area contributed by atoms with E-state index in [0.717, 1.165) is 0 Å². The van der Waals surface area contributed by atoms with Crippen LogP contribution < -0.4 is 5.69 Å². The second-order valence-corrected chi connectivity index (χ2v) is 5.02. The number of H-pyrrole nitrogens is 1. The Hall–Kier alpha value is -1.76. The molecule has 0 aliphatic rings. The first-order chi connectivity index (χ1) is 8.49. The predicted molar refractivity (Wildman–Crippen MR) is 66.1 cm³/mol. The Balaban J connectivity index is 2.28. The van der Waals surface area contributed by atoms with Crippen molar-refractivity contribution in [2.45, 2.75) is 37.1 Å². The molecule has 96 valence electrons. The van der Waals surface area contributed by atoms with Crippen LogP contribution in [-0.4, -0.2) is 20.5 Å². The van der Waals surface area contributed by atoms with Gasteiger partial charge in [0.1, 0.15) is 0 Å². The van der Waals surface area contributed by atoms with Crippen LogP contribution in [0.5, 0.6) is 0 Å². The fourth-order valence-corrected chi connectivity index (χ4v) is 2.40. The predicted octanol–water partition coefficient (Wildman–Crippen LogP) is 2.10. The summed E-state index contributed by atoms with van der Waals surface area (Å²) in [5.74, 6) is 0.164. The number of aromatic amines is 1. The lowest BCUT2D eigenvalue weighted by Crippen LogP contribution is -2.19. The van der Waals surface area contributed by atoms with E-state index in [2.05, 4.69) is 10.2 Å². The van der Waals surface area contributed by atoms with Gasteiger partial charge >= 0.3 is 5.69 Å². The van der Waals surface area contributed by atoms with Gasteiger partial charge in [0.15, 0.2) is 21.8 Å². The number of Topliss-reactive ketones (excluding diaryl/α,β-unsaturated/α-hetero) is 1. The van der Waals surface area contributed by atoms with E-state index in [1.807, 2.05) is 13.8 Å². The van der Waals surface area contributed by atoms with E-state index in [4.69, 9.17) is 4.42 Å². The fraction of sp³-hybridized carbons (Fsp3) is 0.364. The molecule has 0 aromatic carbocycles. The van der Waals surface area contributed by atoms with Crippen LogP contribution in [0.4, 0.5) is 0 Å². The quantitative estimate of drug-likeness (QED) is 0.858. The van der Waals surface area contributed by atoms with Crippen molar-refractivity contribution in [2.24, 2.45) is 0 Å². The van der Waals surface area contributed by atoms with E-state index in [1.165, 1.54) is 23.3 Å². The van der Waals surface area contributed by atoms with Gasteiger partial charge in [-0.25, -0.2) is 9.89 Å². The molecular formula is C11H13N3O3S. The molecule has 2 rings (SSSR count). The molecule has 0 fully saturated rings. The second-order valence-electron chi connectivity index (χ2n) is 4.05. The summed E-state index contributed by atoms with van der Waals surface area (Å²) >= 11 is 1.20. The molecule has 2 aromatic heterocycles. The zero-order chi connectivity index (χ0) is 13.3. The smallest absolute Gasteiger partial charge is 0.344 e. The summed E-state index contributed by atoms with van der Waals surface area (Å²) in [6.45, 7) is 5.22. The van der Waals surface area contributed by atoms with E-state index < -0.39 is 0 Å². The van der Waals surface area contributed by atoms with Crippen molar-refractivity contribution in [1.82, 2.24) is 14.8 Å². The molecular weight excluding hydrogens is 254 g/mol. The first-order valence-corrected chi connectivity index (χ1v) is 6.26. The van der Waals surface area contributed by atoms with Crippen molar-refractivity contribution in [3.8, 4) is 0 Å². The first-order valence-electron chi connectivity index (χ1n) is 5.44. The summed E-state index contributed by atoms with van der Waals surface area (Å²) in [6.07, 6.45) is 0. The van der Waals surface area contributed by atoms with Crippen LogP contribution in [0, 0.1) is 0 Å². The van der Waals surface area contributed by atoms with Gasteiger partial charge in [-0.1, -0.05) is 0 Å². The molecule has 0 spiro atoms. The molecule has 0 saturated carbocycles. The number of hydrogen-bond acceptors (Lipinski definition) is 5. The third-order valence-electron chi connectivity index (χ3n) is 2.31. The maximum Gasteiger partial charge on any atom is 0.344 e. The maximum atomic E-state index is 11.5. The Labute approximate surface area is 107 Å². The number of rotatable bonds is 4. The number of carbonyl (C=O) groups is 1. The molecule has 0 unspecified atom stereocenters. The molecule has 2 aromatic rings. The molecule has 0 aliphatic heterocycles. The molecule has 0 atom stereocenters. The summed E-state index contributed by atoms with van der Waals surface area (Å²) in [5.41, 5.74) is -0.258. The second kappa shape index (κ2) is 4.85. The van der Waals surface area contributed by atoms with Crippen LogP contribution in [0.15, 0.2) is 31.6 Å². The van der Waals surface area contributed by atoms with Gasteiger partial charge in [-0.2, -0.15) is 0 Å². The van der Waals surface area contributed by atoms with Gasteiger partial charge in [0.05, 0.1) is 0 Å². The molecule has 2 heterocycles. The van der Waals surface area contributed by atoms with Crippen LogP contribution in [-0.2, 0) is 0 Å². The summed E-state index contributed by atoms with van der Waals surface area (Å²) < 4.78 is 6.87. The number of carbonyl (C=O) groups excluding carboxylic acids is 1. The van der Waals surface area contributed by atoms with Gasteiger partial charge < -0.3 is 4.42 Å². The average molecular weight is 267 g/mol. The van der Waals surface area contributed by atoms with E-state index in [0.29, 0.717) is 16.0 Å². The Morgan fingerprint density at radius 3 is 2.78 bits per heavy atom. The summed E-state index contributed by atoms with van der Waals surface area (Å²) in [7, 11) is 0. The molecule has 0 bridgehead atoms. The number of furan rings is 1. The first kappa shape index (κ1) is 12.7. The Morgan fingerprint density at radius 1 is 1.50 bits per heavy atom. The summed E-state index contributed by atoms with van der Waals surface area (Å²) in [5, 5.41) is 7.37. The number of aromatic nitrogens is 3. The van der Waals surface area contributed by atoms with Gasteiger partial charge in [0, 0.05) is 13.0 Å². The maximum absolute atomic E-state index is 11.5. The number of hydrogen-bond donors (Lipinski definition) is 1. The topological polar surface area (TPSA) is 80.9 Å². The van der Waals surface area contributed by atoms with Crippen molar-refractivity contribution in [1.29, 1.82) is 0 Å². The lowest BCUT2D eigenvalue weighted by Gasteiger charge is -2.06. The largest absolute Gasteiger partial charge is 0.446 e. The molecule has 0 aliphatic carbocycles. The normalized spacial score (nSPS) is 11.1. The Kier molecular flexibility index (Phi) is 3.42. The highest BCUT2D eigenvalue weighted by atomic mass is 32.2. The van der Waals surface area contributed by atoms with Crippen LogP contribution in [0.25, 0.3) is 0 Å². The van der Waals surface area contributed by atoms with E-state index in [9.17, 15) is 9.59 Å². The Morgan fingerprint density at radius 2 is 2.22 bits per heavy atom. The molecule has 7 heteroatoms. The highest BCUT2D eigenvalue weighted by Gasteiger charge is 2.15. The molecule has 18 heavy (non-hydrogen) atoms. The van der Waals surface area contributed by atoms with Crippen molar-refractivity contribution >= 4 is 17.5 Å². The van der Waals surface area contributed by atoms with Gasteiger partial charge in [-0.15, -0.1) is 5.10 Å². The highest BCUT2D eigenvalue weighted by molar-refractivity contribution is 7.99. The van der Waals surface area contributed by atoms with E-state index in [-0.39, 0.29) is 17.5 Å². The third-order valence-corrected chi connectivity index (χ3v) is 3.20. The number of nitrogens with zero attached hydrogens (tertiary/aromatic N) is 2. The highest BCUT2D eigenvalue weighted by Crippen LogP contribution is 2.28. The van der Waals surface area contributed by atoms with Crippen molar-refractivity contribution < 1.29 is 9.21 Å². The van der Waals surface area contributed by atoms with Gasteiger partial charge in [0.25, 0.3) is 0 Å². The lowest BCUT2D eigenvalue weighted by molar-refractivity contribution is 0.0982. The van der Waals surface area contributed by atoms with Crippen LogP contribution >= 0.6 is 11.8 Å². The van der Waals surface area contributed by atoms with Crippen LogP contribution in [0.3, 0.4) is 0 Å². The summed E-state index contributed by atoms with van der Waals surface area (Å²) in [6, 6.07) is 3.29. The fourth-order valence-electron chi connectivity index (χ4n) is 1.47. The minimum absolute atomic E-state index is 0.000916. The molecule has 0 saturated heterocycles. The van der Waals surface area contributed by atoms with Crippen LogP contribution in [0.1, 0.15) is 37.4 Å². The standard InChI is InChI=1S/C11H13N3O3S/c1-6(2)14-10(16)12-13-11(14)18-9-5-4-8(17-9)7(3)15/h4-6H,1-3H3,(H,12,16). The van der Waals surface area contributed by atoms with Crippen LogP contribution in [0.2, 0.25) is 0 Å². The zero-order valence-electron chi connectivity index (χ0n) is 10.3. The van der Waals surface area contributed by atoms with E-state index >= 15 is 0 Å². The molecule has 6 nitrogen and oxygen atoms in total. The lowest BCUT2D eigenvalue weighted by atomic mass is 10.3. The van der Waals surface area contributed by atoms with E-state index in [1.54, 1.807) is 12.1 Å². The molecule has 1 N–H and O–H groups in total. The molecule has 0 amide bonds. The summed E-state index contributed by atoms with van der Waals surface area (Å²) in [4.78, 5) is 22.6. The number of ketones is 1.